The summed E-state index contributed by atoms with van der Waals surface area (Å²) in [5.41, 5.74) is -0.371. The monoisotopic (exact) mass is 459 g/mol. The molecule has 0 spiro atoms. The predicted molar refractivity (Wildman–Crippen MR) is 122 cm³/mol. The molecule has 8 heteroatoms. The Bertz CT molecular complexity index is 929. The van der Waals surface area contributed by atoms with Gasteiger partial charge in [0.15, 0.2) is 5.78 Å². The highest BCUT2D eigenvalue weighted by molar-refractivity contribution is 6.35. The molecule has 3 aliphatic rings. The molecule has 8 nitrogen and oxygen atoms in total. The first-order chi connectivity index (χ1) is 15.4. The molecular weight excluding hydrogens is 426 g/mol. The van der Waals surface area contributed by atoms with E-state index in [1.807, 2.05) is 13.0 Å². The number of rotatable bonds is 2. The summed E-state index contributed by atoms with van der Waals surface area (Å²) in [5.74, 6) is -3.74. The lowest BCUT2D eigenvalue weighted by Crippen LogP contribution is -2.61. The van der Waals surface area contributed by atoms with Crippen LogP contribution in [0.4, 0.5) is 0 Å². The lowest BCUT2D eigenvalue weighted by molar-refractivity contribution is -0.181. The van der Waals surface area contributed by atoms with E-state index in [1.54, 1.807) is 38.2 Å². The number of hydrogen-bond acceptors (Lipinski definition) is 7. The minimum absolute atomic E-state index is 0.0298. The van der Waals surface area contributed by atoms with Gasteiger partial charge in [-0.05, 0) is 27.2 Å². The molecule has 33 heavy (non-hydrogen) atoms. The maximum Gasteiger partial charge on any atom is 0.322 e. The van der Waals surface area contributed by atoms with Gasteiger partial charge < -0.3 is 20.3 Å². The molecule has 180 valence electrons. The second-order valence-electron chi connectivity index (χ2n) is 8.99. The third-order valence-corrected chi connectivity index (χ3v) is 6.14. The summed E-state index contributed by atoms with van der Waals surface area (Å²) in [6.45, 7) is 7.62. The van der Waals surface area contributed by atoms with Crippen molar-refractivity contribution in [1.82, 2.24) is 5.32 Å². The first-order valence-electron chi connectivity index (χ1n) is 11.0. The van der Waals surface area contributed by atoms with Crippen molar-refractivity contribution in [3.63, 3.8) is 0 Å². The number of aliphatic hydroxyl groups excluding tert-OH is 2. The third-order valence-electron chi connectivity index (χ3n) is 6.14. The van der Waals surface area contributed by atoms with Gasteiger partial charge in [-0.25, -0.2) is 0 Å². The number of ether oxygens (including phenoxy) is 1. The Hall–Kier alpha value is -2.84. The number of hydrogen-bond donors (Lipinski definition) is 3. The van der Waals surface area contributed by atoms with Crippen LogP contribution in [0, 0.1) is 11.3 Å². The number of allylic oxidation sites excluding steroid dienone is 4. The van der Waals surface area contributed by atoms with Crippen LogP contribution >= 0.6 is 0 Å². The van der Waals surface area contributed by atoms with E-state index in [1.165, 1.54) is 13.0 Å². The Balaban J connectivity index is 2.57. The molecule has 2 aliphatic heterocycles. The van der Waals surface area contributed by atoms with Crippen molar-refractivity contribution in [3.05, 3.63) is 47.6 Å². The van der Waals surface area contributed by atoms with E-state index in [2.05, 4.69) is 5.32 Å². The number of fused-ring (bicyclic) bond motifs is 10. The van der Waals surface area contributed by atoms with Crippen LogP contribution in [0.15, 0.2) is 47.6 Å². The Morgan fingerprint density at radius 2 is 1.70 bits per heavy atom. The first kappa shape index (κ1) is 26.4. The standard InChI is InChI=1S/C25H33NO7/c1-14-6-9-18(28)10-8-15(2)12-21(26-23(31)17(4)27)25(5)22(30)16(3)20(33-24(25)32)13-19(29)11-7-14/h6-8,10-12,16,18-21,28-29H,9,13H2,1-5H3,(H,26,31)/b10-8+,11-7+,14-6+,15-12?. The van der Waals surface area contributed by atoms with Gasteiger partial charge in [-0.3, -0.25) is 19.2 Å². The highest BCUT2D eigenvalue weighted by Crippen LogP contribution is 2.38. The summed E-state index contributed by atoms with van der Waals surface area (Å²) in [4.78, 5) is 50.3. The molecule has 1 fully saturated rings. The molecule has 1 saturated heterocycles. The second-order valence-corrected chi connectivity index (χ2v) is 8.99. The topological polar surface area (TPSA) is 130 Å². The van der Waals surface area contributed by atoms with Crippen LogP contribution in [0.5, 0.6) is 0 Å². The van der Waals surface area contributed by atoms with Gasteiger partial charge in [0.25, 0.3) is 5.91 Å². The molecule has 2 bridgehead atoms. The zero-order valence-electron chi connectivity index (χ0n) is 19.7. The van der Waals surface area contributed by atoms with Crippen LogP contribution in [0.3, 0.4) is 0 Å². The summed E-state index contributed by atoms with van der Waals surface area (Å²) < 4.78 is 5.59. The van der Waals surface area contributed by atoms with E-state index < -0.39 is 59.1 Å². The summed E-state index contributed by atoms with van der Waals surface area (Å²) in [6, 6.07) is -1.15. The second kappa shape index (κ2) is 10.9. The fraction of sp³-hybridized carbons (Fsp3) is 0.520. The van der Waals surface area contributed by atoms with E-state index in [0.717, 1.165) is 12.5 Å². The fourth-order valence-corrected chi connectivity index (χ4v) is 3.85. The number of ketones is 2. The van der Waals surface area contributed by atoms with E-state index in [-0.39, 0.29) is 6.42 Å². The molecule has 0 aromatic heterocycles. The SMILES string of the molecule is CC(=O)C(=O)NC1C=C(C)/C=C/C(O)C/C=C(C)/C=C/C(O)CC2OC(=O)C1(C)C(=O)C2C. The highest BCUT2D eigenvalue weighted by atomic mass is 16.5. The minimum Gasteiger partial charge on any atom is -0.461 e. The van der Waals surface area contributed by atoms with Crippen molar-refractivity contribution in [2.45, 2.75) is 71.8 Å². The molecule has 1 amide bonds. The van der Waals surface area contributed by atoms with Gasteiger partial charge in [0.2, 0.25) is 5.78 Å². The Kier molecular flexibility index (Phi) is 8.69. The van der Waals surface area contributed by atoms with E-state index in [9.17, 15) is 29.4 Å². The maximum absolute atomic E-state index is 13.4. The minimum atomic E-state index is -1.78. The molecule has 1 aliphatic carbocycles. The summed E-state index contributed by atoms with van der Waals surface area (Å²) in [7, 11) is 0. The average molecular weight is 460 g/mol. The summed E-state index contributed by atoms with van der Waals surface area (Å²) in [5, 5.41) is 23.1. The Morgan fingerprint density at radius 1 is 1.09 bits per heavy atom. The summed E-state index contributed by atoms with van der Waals surface area (Å²) in [6.07, 6.45) is 7.54. The molecule has 3 N–H and O–H groups in total. The fourth-order valence-electron chi connectivity index (χ4n) is 3.85. The molecule has 0 aromatic rings. The first-order valence-corrected chi connectivity index (χ1v) is 11.0. The summed E-state index contributed by atoms with van der Waals surface area (Å²) >= 11 is 0. The average Bonchev–Trinajstić information content (AvgIpc) is 2.75. The van der Waals surface area contributed by atoms with Crippen LogP contribution in [0.1, 0.15) is 47.5 Å². The number of amides is 1. The Morgan fingerprint density at radius 3 is 2.33 bits per heavy atom. The van der Waals surface area contributed by atoms with Crippen LogP contribution in [-0.4, -0.2) is 58.0 Å². The normalized spacial score (nSPS) is 37.1. The molecule has 6 unspecified atom stereocenters. The number of carbonyl (C=O) groups is 4. The maximum atomic E-state index is 13.4. The van der Waals surface area contributed by atoms with Crippen molar-refractivity contribution in [2.24, 2.45) is 11.3 Å². The highest BCUT2D eigenvalue weighted by Gasteiger charge is 2.56. The largest absolute Gasteiger partial charge is 0.461 e. The quantitative estimate of drug-likeness (QED) is 0.326. The van der Waals surface area contributed by atoms with Crippen LogP contribution in [0.25, 0.3) is 0 Å². The van der Waals surface area contributed by atoms with E-state index in [0.29, 0.717) is 12.0 Å². The number of nitrogens with one attached hydrogen (secondary N) is 1. The van der Waals surface area contributed by atoms with Gasteiger partial charge in [0.05, 0.1) is 24.2 Å². The van der Waals surface area contributed by atoms with Gasteiger partial charge in [0, 0.05) is 13.3 Å². The van der Waals surface area contributed by atoms with Gasteiger partial charge in [-0.15, -0.1) is 0 Å². The molecule has 3 rings (SSSR count). The van der Waals surface area contributed by atoms with Crippen LogP contribution in [0.2, 0.25) is 0 Å². The van der Waals surface area contributed by atoms with Gasteiger partial charge >= 0.3 is 5.97 Å². The van der Waals surface area contributed by atoms with Crippen LogP contribution in [-0.2, 0) is 23.9 Å². The van der Waals surface area contributed by atoms with Crippen LogP contribution < -0.4 is 5.32 Å². The van der Waals surface area contributed by atoms with E-state index >= 15 is 0 Å². The van der Waals surface area contributed by atoms with Crippen molar-refractivity contribution in [2.75, 3.05) is 0 Å². The zero-order chi connectivity index (χ0) is 24.9. The van der Waals surface area contributed by atoms with Crippen molar-refractivity contribution in [1.29, 1.82) is 0 Å². The predicted octanol–water partition coefficient (Wildman–Crippen LogP) is 1.72. The van der Waals surface area contributed by atoms with Crippen molar-refractivity contribution < 1.29 is 34.1 Å². The van der Waals surface area contributed by atoms with Gasteiger partial charge in [-0.1, -0.05) is 54.5 Å². The number of carbonyl (C=O) groups excluding carboxylic acids is 4. The Labute approximate surface area is 194 Å². The van der Waals surface area contributed by atoms with Crippen molar-refractivity contribution >= 4 is 23.4 Å². The van der Waals surface area contributed by atoms with Gasteiger partial charge in [-0.2, -0.15) is 0 Å². The smallest absolute Gasteiger partial charge is 0.322 e. The number of Topliss-reactive ketones (excluding diaryl/α,β-unsaturated/α-hetero) is 2. The molecule has 0 radical (unpaired) electrons. The lowest BCUT2D eigenvalue weighted by atomic mass is 9.69. The molecular formula is C25H33NO7. The lowest BCUT2D eigenvalue weighted by Gasteiger charge is -2.42. The van der Waals surface area contributed by atoms with Crippen molar-refractivity contribution in [3.8, 4) is 0 Å². The van der Waals surface area contributed by atoms with Gasteiger partial charge in [0.1, 0.15) is 11.5 Å². The zero-order valence-corrected chi connectivity index (χ0v) is 19.7. The molecule has 2 heterocycles. The number of esters is 1. The molecule has 0 aromatic carbocycles. The number of aliphatic hydroxyl groups is 2. The third kappa shape index (κ3) is 6.36. The van der Waals surface area contributed by atoms with E-state index in [4.69, 9.17) is 4.74 Å². The molecule has 6 atom stereocenters. The molecule has 0 saturated carbocycles.